The highest BCUT2D eigenvalue weighted by molar-refractivity contribution is 5.32. The molecule has 25 heavy (non-hydrogen) atoms. The van der Waals surface area contributed by atoms with E-state index in [0.717, 1.165) is 42.1 Å². The molecule has 0 bridgehead atoms. The molecule has 1 aliphatic carbocycles. The summed E-state index contributed by atoms with van der Waals surface area (Å²) in [5.41, 5.74) is 0.274. The summed E-state index contributed by atoms with van der Waals surface area (Å²) in [7, 11) is 0. The van der Waals surface area contributed by atoms with Gasteiger partial charge in [-0.1, -0.05) is 0 Å². The number of halogens is 3. The largest absolute Gasteiger partial charge is 0.432 e. The highest BCUT2D eigenvalue weighted by atomic mass is 19.4. The molecule has 2 N–H and O–H groups in total. The molecule has 4 rings (SSSR count). The quantitative estimate of drug-likeness (QED) is 0.884. The Hall–Kier alpha value is -2.03. The van der Waals surface area contributed by atoms with Gasteiger partial charge >= 0.3 is 6.18 Å². The Balaban J connectivity index is 1.68. The molecule has 2 aromatic rings. The highest BCUT2D eigenvalue weighted by Crippen LogP contribution is 2.41. The standard InChI is InChI=1S/C16H19F3N4O2/c17-16(18,19)12-8-13(21-20-12)23-15(24)11(14(22-23)10-1-2-10)7-9-3-5-25-6-4-9/h8-10,22H,1-7H2,(H,20,21). The fraction of sp³-hybridized carbons (Fsp3) is 0.625. The van der Waals surface area contributed by atoms with Crippen LogP contribution in [-0.4, -0.2) is 33.2 Å². The van der Waals surface area contributed by atoms with E-state index in [9.17, 15) is 18.0 Å². The molecule has 1 saturated carbocycles. The van der Waals surface area contributed by atoms with Crippen molar-refractivity contribution in [3.8, 4) is 5.82 Å². The van der Waals surface area contributed by atoms with Gasteiger partial charge in [-0.25, -0.2) is 0 Å². The molecule has 0 spiro atoms. The van der Waals surface area contributed by atoms with E-state index < -0.39 is 11.9 Å². The average molecular weight is 356 g/mol. The van der Waals surface area contributed by atoms with Crippen LogP contribution in [0.4, 0.5) is 13.2 Å². The molecule has 3 heterocycles. The fourth-order valence-corrected chi connectivity index (χ4v) is 3.37. The van der Waals surface area contributed by atoms with Crippen LogP contribution in [0.15, 0.2) is 10.9 Å². The van der Waals surface area contributed by atoms with Gasteiger partial charge < -0.3 is 4.74 Å². The van der Waals surface area contributed by atoms with Gasteiger partial charge in [0.25, 0.3) is 5.56 Å². The zero-order valence-electron chi connectivity index (χ0n) is 13.5. The first-order valence-corrected chi connectivity index (χ1v) is 8.48. The van der Waals surface area contributed by atoms with Crippen LogP contribution < -0.4 is 5.56 Å². The Bertz CT molecular complexity index is 810. The van der Waals surface area contributed by atoms with Gasteiger partial charge in [0.2, 0.25) is 0 Å². The molecule has 6 nitrogen and oxygen atoms in total. The summed E-state index contributed by atoms with van der Waals surface area (Å²) in [5.74, 6) is 0.607. The molecule has 1 saturated heterocycles. The van der Waals surface area contributed by atoms with E-state index in [0.29, 0.717) is 37.0 Å². The molecular weight excluding hydrogens is 337 g/mol. The van der Waals surface area contributed by atoms with Crippen molar-refractivity contribution in [3.63, 3.8) is 0 Å². The SMILES string of the molecule is O=c1c(CC2CCOCC2)c(C2CC2)[nH]n1-c1cc(C(F)(F)F)[nH]n1. The number of nitrogens with one attached hydrogen (secondary N) is 2. The minimum Gasteiger partial charge on any atom is -0.381 e. The lowest BCUT2D eigenvalue weighted by Gasteiger charge is -2.21. The Labute approximate surface area is 141 Å². The van der Waals surface area contributed by atoms with Crippen molar-refractivity contribution in [3.05, 3.63) is 33.4 Å². The molecule has 0 unspecified atom stereocenters. The molecule has 9 heteroatoms. The lowest BCUT2D eigenvalue weighted by molar-refractivity contribution is -0.141. The number of alkyl halides is 3. The van der Waals surface area contributed by atoms with Gasteiger partial charge in [-0.3, -0.25) is 15.0 Å². The van der Waals surface area contributed by atoms with E-state index in [1.807, 2.05) is 5.10 Å². The van der Waals surface area contributed by atoms with Gasteiger partial charge in [0, 0.05) is 36.5 Å². The minimum atomic E-state index is -4.52. The summed E-state index contributed by atoms with van der Waals surface area (Å²) in [6.45, 7) is 1.38. The summed E-state index contributed by atoms with van der Waals surface area (Å²) in [4.78, 5) is 12.8. The third-order valence-corrected chi connectivity index (χ3v) is 4.94. The first kappa shape index (κ1) is 16.4. The lowest BCUT2D eigenvalue weighted by atomic mass is 9.92. The van der Waals surface area contributed by atoms with Gasteiger partial charge in [0.1, 0.15) is 5.69 Å². The maximum absolute atomic E-state index is 12.8. The van der Waals surface area contributed by atoms with Crippen molar-refractivity contribution in [2.24, 2.45) is 5.92 Å². The van der Waals surface area contributed by atoms with E-state index >= 15 is 0 Å². The molecule has 2 fully saturated rings. The van der Waals surface area contributed by atoms with Gasteiger partial charge in [0.05, 0.1) is 0 Å². The smallest absolute Gasteiger partial charge is 0.381 e. The van der Waals surface area contributed by atoms with E-state index in [-0.39, 0.29) is 11.4 Å². The maximum atomic E-state index is 12.8. The average Bonchev–Trinajstić information content (AvgIpc) is 3.19. The number of aromatic amines is 2. The van der Waals surface area contributed by atoms with Gasteiger partial charge in [0.15, 0.2) is 5.82 Å². The monoisotopic (exact) mass is 356 g/mol. The van der Waals surface area contributed by atoms with Crippen molar-refractivity contribution in [2.75, 3.05) is 13.2 Å². The molecule has 0 radical (unpaired) electrons. The minimum absolute atomic E-state index is 0.0579. The predicted octanol–water partition coefficient (Wildman–Crippen LogP) is 2.75. The van der Waals surface area contributed by atoms with Crippen molar-refractivity contribution >= 4 is 0 Å². The summed E-state index contributed by atoms with van der Waals surface area (Å²) in [6, 6.07) is 0.854. The van der Waals surface area contributed by atoms with E-state index in [4.69, 9.17) is 4.74 Å². The Morgan fingerprint density at radius 3 is 2.56 bits per heavy atom. The molecular formula is C16H19F3N4O2. The molecule has 136 valence electrons. The maximum Gasteiger partial charge on any atom is 0.432 e. The van der Waals surface area contributed by atoms with Crippen LogP contribution in [0.3, 0.4) is 0 Å². The van der Waals surface area contributed by atoms with Crippen LogP contribution in [0.5, 0.6) is 0 Å². The van der Waals surface area contributed by atoms with Gasteiger partial charge in [-0.2, -0.15) is 23.0 Å². The van der Waals surface area contributed by atoms with Crippen LogP contribution in [0.2, 0.25) is 0 Å². The Morgan fingerprint density at radius 2 is 1.96 bits per heavy atom. The second-order valence-corrected chi connectivity index (χ2v) is 6.82. The summed E-state index contributed by atoms with van der Waals surface area (Å²) in [5, 5.41) is 8.62. The van der Waals surface area contributed by atoms with Crippen LogP contribution in [0.1, 0.15) is 48.6 Å². The molecule has 0 atom stereocenters. The highest BCUT2D eigenvalue weighted by Gasteiger charge is 2.35. The zero-order chi connectivity index (χ0) is 17.6. The second-order valence-electron chi connectivity index (χ2n) is 6.82. The number of H-pyrrole nitrogens is 2. The first-order valence-electron chi connectivity index (χ1n) is 8.48. The molecule has 1 aliphatic heterocycles. The van der Waals surface area contributed by atoms with Crippen molar-refractivity contribution in [1.82, 2.24) is 20.0 Å². The number of rotatable bonds is 4. The number of aromatic nitrogens is 4. The summed E-state index contributed by atoms with van der Waals surface area (Å²) < 4.78 is 44.8. The van der Waals surface area contributed by atoms with E-state index in [1.165, 1.54) is 0 Å². The van der Waals surface area contributed by atoms with Crippen LogP contribution in [0.25, 0.3) is 5.82 Å². The van der Waals surface area contributed by atoms with Crippen molar-refractivity contribution in [1.29, 1.82) is 0 Å². The number of ether oxygens (including phenoxy) is 1. The van der Waals surface area contributed by atoms with Crippen molar-refractivity contribution in [2.45, 2.75) is 44.2 Å². The van der Waals surface area contributed by atoms with Crippen molar-refractivity contribution < 1.29 is 17.9 Å². The number of hydrogen-bond acceptors (Lipinski definition) is 3. The van der Waals surface area contributed by atoms with Crippen LogP contribution >= 0.6 is 0 Å². The predicted molar refractivity (Wildman–Crippen MR) is 82.8 cm³/mol. The van der Waals surface area contributed by atoms with E-state index in [1.54, 1.807) is 0 Å². The third kappa shape index (κ3) is 3.24. The Kier molecular flexibility index (Phi) is 3.98. The molecule has 2 aliphatic rings. The van der Waals surface area contributed by atoms with Crippen LogP contribution in [-0.2, 0) is 17.3 Å². The lowest BCUT2D eigenvalue weighted by Crippen LogP contribution is -2.23. The van der Waals surface area contributed by atoms with Gasteiger partial charge in [-0.05, 0) is 38.0 Å². The number of hydrogen-bond donors (Lipinski definition) is 2. The molecule has 2 aromatic heterocycles. The molecule has 0 aromatic carbocycles. The third-order valence-electron chi connectivity index (χ3n) is 4.94. The summed E-state index contributed by atoms with van der Waals surface area (Å²) >= 11 is 0. The second kappa shape index (κ2) is 6.05. The van der Waals surface area contributed by atoms with Crippen LogP contribution in [0, 0.1) is 5.92 Å². The summed E-state index contributed by atoms with van der Waals surface area (Å²) in [6.07, 6.45) is -0.103. The normalized spacial score (nSPS) is 19.5. The molecule has 0 amide bonds. The van der Waals surface area contributed by atoms with Gasteiger partial charge in [-0.15, -0.1) is 0 Å². The fourth-order valence-electron chi connectivity index (χ4n) is 3.37. The topological polar surface area (TPSA) is 75.7 Å². The first-order chi connectivity index (χ1) is 11.9. The zero-order valence-corrected chi connectivity index (χ0v) is 13.5. The Morgan fingerprint density at radius 1 is 1.24 bits per heavy atom. The number of nitrogens with zero attached hydrogens (tertiary/aromatic N) is 2. The van der Waals surface area contributed by atoms with E-state index in [2.05, 4.69) is 10.2 Å².